The zero-order valence-electron chi connectivity index (χ0n) is 9.92. The van der Waals surface area contributed by atoms with Gasteiger partial charge in [-0.25, -0.2) is 0 Å². The maximum atomic E-state index is 5.83. The highest BCUT2D eigenvalue weighted by Gasteiger charge is 2.03. The van der Waals surface area contributed by atoms with Crippen LogP contribution in [0.1, 0.15) is 30.9 Å². The van der Waals surface area contributed by atoms with Gasteiger partial charge >= 0.3 is 0 Å². The molecule has 0 bridgehead atoms. The van der Waals surface area contributed by atoms with E-state index in [2.05, 4.69) is 26.8 Å². The molecule has 0 fully saturated rings. The van der Waals surface area contributed by atoms with Gasteiger partial charge in [-0.1, -0.05) is 19.1 Å². The van der Waals surface area contributed by atoms with Gasteiger partial charge in [0, 0.05) is 6.04 Å². The van der Waals surface area contributed by atoms with E-state index in [1.165, 1.54) is 11.1 Å². The molecule has 0 saturated heterocycles. The second-order valence-electron chi connectivity index (χ2n) is 4.00. The van der Waals surface area contributed by atoms with Gasteiger partial charge in [-0.15, -0.1) is 0 Å². The molecule has 0 aromatic heterocycles. The van der Waals surface area contributed by atoms with Crippen LogP contribution in [0.3, 0.4) is 0 Å². The van der Waals surface area contributed by atoms with Crippen LogP contribution in [-0.4, -0.2) is 12.6 Å². The molecule has 0 saturated carbocycles. The minimum absolute atomic E-state index is 0.259. The van der Waals surface area contributed by atoms with Crippen LogP contribution in [0.25, 0.3) is 0 Å². The second kappa shape index (κ2) is 5.76. The van der Waals surface area contributed by atoms with E-state index < -0.39 is 0 Å². The first-order valence-electron chi connectivity index (χ1n) is 5.59. The van der Waals surface area contributed by atoms with Crippen LogP contribution in [0.2, 0.25) is 0 Å². The molecule has 0 aliphatic rings. The highest BCUT2D eigenvalue weighted by Crippen LogP contribution is 2.20. The monoisotopic (exact) mass is 207 g/mol. The van der Waals surface area contributed by atoms with Crippen molar-refractivity contribution in [1.82, 2.24) is 0 Å². The lowest BCUT2D eigenvalue weighted by Gasteiger charge is -2.13. The van der Waals surface area contributed by atoms with E-state index in [0.29, 0.717) is 6.61 Å². The van der Waals surface area contributed by atoms with Crippen molar-refractivity contribution in [2.24, 2.45) is 5.73 Å². The fourth-order valence-electron chi connectivity index (χ4n) is 1.40. The number of nitrogens with two attached hydrogens (primary N) is 1. The summed E-state index contributed by atoms with van der Waals surface area (Å²) in [6.45, 7) is 6.99. The van der Waals surface area contributed by atoms with Gasteiger partial charge in [-0.3, -0.25) is 0 Å². The third-order valence-corrected chi connectivity index (χ3v) is 2.83. The normalized spacial score (nSPS) is 12.5. The molecule has 0 heterocycles. The van der Waals surface area contributed by atoms with Crippen molar-refractivity contribution in [2.45, 2.75) is 39.7 Å². The number of ether oxygens (including phenoxy) is 1. The number of hydrogen-bond donors (Lipinski definition) is 1. The second-order valence-corrected chi connectivity index (χ2v) is 4.00. The summed E-state index contributed by atoms with van der Waals surface area (Å²) in [6.07, 6.45) is 1.93. The molecule has 1 aromatic rings. The van der Waals surface area contributed by atoms with Gasteiger partial charge in [0.25, 0.3) is 0 Å². The smallest absolute Gasteiger partial charge is 0.122 e. The highest BCUT2D eigenvalue weighted by molar-refractivity contribution is 5.38. The van der Waals surface area contributed by atoms with Crippen molar-refractivity contribution in [2.75, 3.05) is 6.61 Å². The number of aryl methyl sites for hydroxylation is 1. The quantitative estimate of drug-likeness (QED) is 0.805. The Kier molecular flexibility index (Phi) is 4.63. The first-order chi connectivity index (χ1) is 7.15. The van der Waals surface area contributed by atoms with Crippen molar-refractivity contribution >= 4 is 0 Å². The van der Waals surface area contributed by atoms with Crippen molar-refractivity contribution in [3.05, 3.63) is 29.3 Å². The van der Waals surface area contributed by atoms with Gasteiger partial charge in [-0.05, 0) is 43.9 Å². The summed E-state index contributed by atoms with van der Waals surface area (Å²) in [5.74, 6) is 0.985. The minimum Gasteiger partial charge on any atom is -0.493 e. The maximum absolute atomic E-state index is 5.83. The molecule has 15 heavy (non-hydrogen) atoms. The molecule has 0 radical (unpaired) electrons. The molecule has 0 amide bonds. The predicted molar refractivity (Wildman–Crippen MR) is 64.3 cm³/mol. The zero-order valence-corrected chi connectivity index (χ0v) is 9.92. The minimum atomic E-state index is 0.259. The SMILES string of the molecule is CCC(N)CCOc1cccc(C)c1C. The summed E-state index contributed by atoms with van der Waals surface area (Å²) in [7, 11) is 0. The lowest BCUT2D eigenvalue weighted by molar-refractivity contribution is 0.294. The number of rotatable bonds is 5. The largest absolute Gasteiger partial charge is 0.493 e. The van der Waals surface area contributed by atoms with Crippen LogP contribution in [0, 0.1) is 13.8 Å². The van der Waals surface area contributed by atoms with E-state index in [9.17, 15) is 0 Å². The molecule has 2 nitrogen and oxygen atoms in total. The zero-order chi connectivity index (χ0) is 11.3. The van der Waals surface area contributed by atoms with Gasteiger partial charge in [0.15, 0.2) is 0 Å². The van der Waals surface area contributed by atoms with Gasteiger partial charge in [0.1, 0.15) is 5.75 Å². The van der Waals surface area contributed by atoms with E-state index in [1.54, 1.807) is 0 Å². The molecule has 2 N–H and O–H groups in total. The molecular weight excluding hydrogens is 186 g/mol. The van der Waals surface area contributed by atoms with Crippen molar-refractivity contribution in [1.29, 1.82) is 0 Å². The van der Waals surface area contributed by atoms with E-state index in [1.807, 2.05) is 12.1 Å². The maximum Gasteiger partial charge on any atom is 0.122 e. The van der Waals surface area contributed by atoms with E-state index in [4.69, 9.17) is 10.5 Å². The Morgan fingerprint density at radius 3 is 2.73 bits per heavy atom. The summed E-state index contributed by atoms with van der Waals surface area (Å²) in [4.78, 5) is 0. The molecule has 1 unspecified atom stereocenters. The molecule has 84 valence electrons. The van der Waals surface area contributed by atoms with E-state index >= 15 is 0 Å². The lowest BCUT2D eigenvalue weighted by Crippen LogP contribution is -2.21. The Morgan fingerprint density at radius 2 is 2.07 bits per heavy atom. The third kappa shape index (κ3) is 3.56. The average Bonchev–Trinajstić information content (AvgIpc) is 2.24. The van der Waals surface area contributed by atoms with Crippen LogP contribution in [-0.2, 0) is 0 Å². The Bertz CT molecular complexity index is 309. The van der Waals surface area contributed by atoms with Gasteiger partial charge in [-0.2, -0.15) is 0 Å². The first kappa shape index (κ1) is 12.1. The average molecular weight is 207 g/mol. The van der Waals surface area contributed by atoms with Gasteiger partial charge in [0.2, 0.25) is 0 Å². The van der Waals surface area contributed by atoms with Crippen LogP contribution >= 0.6 is 0 Å². The van der Waals surface area contributed by atoms with Crippen LogP contribution in [0.15, 0.2) is 18.2 Å². The van der Waals surface area contributed by atoms with Crippen LogP contribution in [0.4, 0.5) is 0 Å². The van der Waals surface area contributed by atoms with Crippen molar-refractivity contribution < 1.29 is 4.74 Å². The van der Waals surface area contributed by atoms with Crippen molar-refractivity contribution in [3.63, 3.8) is 0 Å². The molecule has 1 atom stereocenters. The third-order valence-electron chi connectivity index (χ3n) is 2.83. The molecule has 1 aromatic carbocycles. The summed E-state index contributed by atoms with van der Waals surface area (Å²) < 4.78 is 5.71. The Hall–Kier alpha value is -1.02. The summed E-state index contributed by atoms with van der Waals surface area (Å²) >= 11 is 0. The van der Waals surface area contributed by atoms with Crippen LogP contribution < -0.4 is 10.5 Å². The molecule has 0 aliphatic carbocycles. The topological polar surface area (TPSA) is 35.2 Å². The van der Waals surface area contributed by atoms with Gasteiger partial charge in [0.05, 0.1) is 6.61 Å². The molecule has 2 heteroatoms. The fourth-order valence-corrected chi connectivity index (χ4v) is 1.40. The molecular formula is C13H21NO. The van der Waals surface area contributed by atoms with Crippen molar-refractivity contribution in [3.8, 4) is 5.75 Å². The standard InChI is InChI=1S/C13H21NO/c1-4-12(14)8-9-15-13-7-5-6-10(2)11(13)3/h5-7,12H,4,8-9,14H2,1-3H3. The van der Waals surface area contributed by atoms with Crippen LogP contribution in [0.5, 0.6) is 5.75 Å². The number of hydrogen-bond acceptors (Lipinski definition) is 2. The number of benzene rings is 1. The summed E-state index contributed by atoms with van der Waals surface area (Å²) in [6, 6.07) is 6.40. The Balaban J connectivity index is 2.47. The molecule has 0 aliphatic heterocycles. The predicted octanol–water partition coefficient (Wildman–Crippen LogP) is 2.81. The Labute approximate surface area is 92.4 Å². The summed E-state index contributed by atoms with van der Waals surface area (Å²) in [5, 5.41) is 0. The van der Waals surface area contributed by atoms with E-state index in [-0.39, 0.29) is 6.04 Å². The highest BCUT2D eigenvalue weighted by atomic mass is 16.5. The van der Waals surface area contributed by atoms with Gasteiger partial charge < -0.3 is 10.5 Å². The van der Waals surface area contributed by atoms with E-state index in [0.717, 1.165) is 18.6 Å². The fraction of sp³-hybridized carbons (Fsp3) is 0.538. The Morgan fingerprint density at radius 1 is 1.33 bits per heavy atom. The first-order valence-corrected chi connectivity index (χ1v) is 5.59. The lowest BCUT2D eigenvalue weighted by atomic mass is 10.1. The molecule has 1 rings (SSSR count). The molecule has 0 spiro atoms. The summed E-state index contributed by atoms with van der Waals surface area (Å²) in [5.41, 5.74) is 8.32.